The van der Waals surface area contributed by atoms with Crippen molar-refractivity contribution in [2.75, 3.05) is 26.2 Å². The summed E-state index contributed by atoms with van der Waals surface area (Å²) < 4.78 is 0. The highest BCUT2D eigenvalue weighted by atomic mass is 16.2. The molecule has 2 fully saturated rings. The Morgan fingerprint density at radius 1 is 1.15 bits per heavy atom. The number of nitrogens with zero attached hydrogens (tertiary/aromatic N) is 2. The maximum Gasteiger partial charge on any atom is 0.237 e. The van der Waals surface area contributed by atoms with Crippen molar-refractivity contribution in [3.63, 3.8) is 0 Å². The van der Waals surface area contributed by atoms with Crippen molar-refractivity contribution in [1.29, 1.82) is 0 Å². The Balaban J connectivity index is 1.66. The molecule has 2 saturated heterocycles. The molecule has 1 amide bonds. The minimum atomic E-state index is 0.0751. The van der Waals surface area contributed by atoms with Gasteiger partial charge in [-0.15, -0.1) is 0 Å². The third-order valence-corrected chi connectivity index (χ3v) is 6.48. The van der Waals surface area contributed by atoms with Gasteiger partial charge in [-0.1, -0.05) is 58.9 Å². The minimum Gasteiger partial charge on any atom is -0.335 e. The van der Waals surface area contributed by atoms with E-state index in [1.807, 2.05) is 0 Å². The number of hydrogen-bond donors (Lipinski definition) is 1. The number of nitrogens with two attached hydrogens (primary N) is 1. The molecule has 2 atom stereocenters. The highest BCUT2D eigenvalue weighted by molar-refractivity contribution is 5.79. The molecule has 2 unspecified atom stereocenters. The summed E-state index contributed by atoms with van der Waals surface area (Å²) in [6, 6.07) is 9.35. The van der Waals surface area contributed by atoms with Gasteiger partial charge in [-0.2, -0.15) is 0 Å². The van der Waals surface area contributed by atoms with Crippen LogP contribution in [0.3, 0.4) is 0 Å². The van der Waals surface area contributed by atoms with Crippen LogP contribution in [0.5, 0.6) is 0 Å². The van der Waals surface area contributed by atoms with Crippen LogP contribution < -0.4 is 5.73 Å². The van der Waals surface area contributed by atoms with Crippen LogP contribution in [0.2, 0.25) is 0 Å². The maximum absolute atomic E-state index is 13.1. The minimum absolute atomic E-state index is 0.0751. The van der Waals surface area contributed by atoms with Gasteiger partial charge in [0.25, 0.3) is 0 Å². The summed E-state index contributed by atoms with van der Waals surface area (Å²) in [7, 11) is 0. The molecule has 0 aromatic heterocycles. The Labute approximate surface area is 165 Å². The van der Waals surface area contributed by atoms with E-state index in [2.05, 4.69) is 68.7 Å². The summed E-state index contributed by atoms with van der Waals surface area (Å²) in [4.78, 5) is 17.5. The molecule has 0 aliphatic carbocycles. The standard InChI is InChI=1S/C23H37N3O/c1-22(2,3)18-10-8-17(9-11-18)19-7-6-13-26(19)21(27)15-25-14-12-20(24)23(4,5)16-25/h8-11,19-20H,6-7,12-16,24H2,1-5H3. The summed E-state index contributed by atoms with van der Waals surface area (Å²) >= 11 is 0. The fourth-order valence-corrected chi connectivity index (χ4v) is 4.52. The first-order chi connectivity index (χ1) is 12.6. The molecule has 2 heterocycles. The van der Waals surface area contributed by atoms with Gasteiger partial charge in [-0.25, -0.2) is 0 Å². The first kappa shape index (κ1) is 20.3. The van der Waals surface area contributed by atoms with Crippen molar-refractivity contribution < 1.29 is 4.79 Å². The summed E-state index contributed by atoms with van der Waals surface area (Å²) in [6.45, 7) is 14.4. The molecule has 0 saturated carbocycles. The molecule has 2 aliphatic rings. The fourth-order valence-electron chi connectivity index (χ4n) is 4.52. The zero-order valence-corrected chi connectivity index (χ0v) is 17.8. The quantitative estimate of drug-likeness (QED) is 0.881. The summed E-state index contributed by atoms with van der Waals surface area (Å²) in [5, 5.41) is 0. The molecule has 0 radical (unpaired) electrons. The fraction of sp³-hybridized carbons (Fsp3) is 0.696. The SMILES string of the molecule is CC(C)(C)c1ccc(C2CCCN2C(=O)CN2CCC(N)C(C)(C)C2)cc1. The van der Waals surface area contributed by atoms with E-state index in [-0.39, 0.29) is 28.8 Å². The van der Waals surface area contributed by atoms with Crippen molar-refractivity contribution in [2.45, 2.75) is 71.4 Å². The largest absolute Gasteiger partial charge is 0.335 e. The van der Waals surface area contributed by atoms with Gasteiger partial charge in [0, 0.05) is 25.7 Å². The van der Waals surface area contributed by atoms with E-state index in [9.17, 15) is 4.79 Å². The van der Waals surface area contributed by atoms with Gasteiger partial charge >= 0.3 is 0 Å². The van der Waals surface area contributed by atoms with Gasteiger partial charge in [0.15, 0.2) is 0 Å². The normalized spacial score (nSPS) is 26.4. The van der Waals surface area contributed by atoms with Gasteiger partial charge < -0.3 is 10.6 Å². The maximum atomic E-state index is 13.1. The molecule has 4 nitrogen and oxygen atoms in total. The lowest BCUT2D eigenvalue weighted by atomic mass is 9.80. The van der Waals surface area contributed by atoms with Crippen LogP contribution in [0.25, 0.3) is 0 Å². The van der Waals surface area contributed by atoms with E-state index in [1.54, 1.807) is 0 Å². The molecule has 3 rings (SSSR count). The average molecular weight is 372 g/mol. The van der Waals surface area contributed by atoms with Crippen molar-refractivity contribution >= 4 is 5.91 Å². The molecule has 150 valence electrons. The van der Waals surface area contributed by atoms with Crippen LogP contribution in [0, 0.1) is 5.41 Å². The van der Waals surface area contributed by atoms with Gasteiger partial charge in [-0.05, 0) is 41.2 Å². The van der Waals surface area contributed by atoms with Crippen LogP contribution in [-0.2, 0) is 10.2 Å². The summed E-state index contributed by atoms with van der Waals surface area (Å²) in [6.07, 6.45) is 3.13. The second-order valence-electron chi connectivity index (χ2n) is 10.2. The lowest BCUT2D eigenvalue weighted by Gasteiger charge is -2.42. The Morgan fingerprint density at radius 3 is 2.41 bits per heavy atom. The number of likely N-dealkylation sites (tertiary alicyclic amines) is 2. The Bertz CT molecular complexity index is 659. The van der Waals surface area contributed by atoms with E-state index in [0.717, 1.165) is 38.9 Å². The van der Waals surface area contributed by atoms with Crippen LogP contribution in [0.1, 0.15) is 71.0 Å². The predicted octanol–water partition coefficient (Wildman–Crippen LogP) is 3.71. The van der Waals surface area contributed by atoms with Gasteiger partial charge in [0.05, 0.1) is 12.6 Å². The van der Waals surface area contributed by atoms with Crippen molar-refractivity contribution in [3.05, 3.63) is 35.4 Å². The second kappa shape index (κ2) is 7.56. The molecule has 2 N–H and O–H groups in total. The molecule has 27 heavy (non-hydrogen) atoms. The highest BCUT2D eigenvalue weighted by Gasteiger charge is 2.36. The number of piperidine rings is 1. The van der Waals surface area contributed by atoms with E-state index < -0.39 is 0 Å². The Hall–Kier alpha value is -1.39. The number of benzene rings is 1. The van der Waals surface area contributed by atoms with Crippen molar-refractivity contribution in [2.24, 2.45) is 11.1 Å². The van der Waals surface area contributed by atoms with Gasteiger partial charge in [-0.3, -0.25) is 9.69 Å². The molecular weight excluding hydrogens is 334 g/mol. The number of amides is 1. The lowest BCUT2D eigenvalue weighted by Crippen LogP contribution is -2.54. The van der Waals surface area contributed by atoms with Gasteiger partial charge in [0.1, 0.15) is 0 Å². The van der Waals surface area contributed by atoms with Crippen molar-refractivity contribution in [3.8, 4) is 0 Å². The number of carbonyl (C=O) groups is 1. The molecule has 1 aromatic carbocycles. The monoisotopic (exact) mass is 371 g/mol. The van der Waals surface area contributed by atoms with Crippen molar-refractivity contribution in [1.82, 2.24) is 9.80 Å². The average Bonchev–Trinajstić information content (AvgIpc) is 3.07. The second-order valence-corrected chi connectivity index (χ2v) is 10.2. The topological polar surface area (TPSA) is 49.6 Å². The molecule has 0 spiro atoms. The zero-order chi connectivity index (χ0) is 19.8. The molecule has 1 aromatic rings. The zero-order valence-electron chi connectivity index (χ0n) is 17.8. The van der Waals surface area contributed by atoms with Crippen LogP contribution >= 0.6 is 0 Å². The van der Waals surface area contributed by atoms with E-state index in [0.29, 0.717) is 6.54 Å². The third-order valence-electron chi connectivity index (χ3n) is 6.48. The smallest absolute Gasteiger partial charge is 0.237 e. The summed E-state index contributed by atoms with van der Waals surface area (Å²) in [5.41, 5.74) is 9.09. The number of rotatable bonds is 3. The summed E-state index contributed by atoms with van der Waals surface area (Å²) in [5.74, 6) is 0.267. The van der Waals surface area contributed by atoms with E-state index in [4.69, 9.17) is 5.73 Å². The Morgan fingerprint density at radius 2 is 1.81 bits per heavy atom. The van der Waals surface area contributed by atoms with E-state index >= 15 is 0 Å². The van der Waals surface area contributed by atoms with Crippen LogP contribution in [-0.4, -0.2) is 47.9 Å². The molecule has 2 aliphatic heterocycles. The van der Waals surface area contributed by atoms with E-state index in [1.165, 1.54) is 11.1 Å². The third kappa shape index (κ3) is 4.55. The number of hydrogen-bond acceptors (Lipinski definition) is 3. The van der Waals surface area contributed by atoms with Gasteiger partial charge in [0.2, 0.25) is 5.91 Å². The van der Waals surface area contributed by atoms with Crippen LogP contribution in [0.15, 0.2) is 24.3 Å². The Kier molecular flexibility index (Phi) is 5.69. The lowest BCUT2D eigenvalue weighted by molar-refractivity contribution is -0.134. The molecule has 4 heteroatoms. The van der Waals surface area contributed by atoms with Crippen LogP contribution in [0.4, 0.5) is 0 Å². The first-order valence-electron chi connectivity index (χ1n) is 10.5. The highest BCUT2D eigenvalue weighted by Crippen LogP contribution is 2.34. The molecule has 0 bridgehead atoms. The first-order valence-corrected chi connectivity index (χ1v) is 10.5. The predicted molar refractivity (Wildman–Crippen MR) is 112 cm³/mol. The number of carbonyl (C=O) groups excluding carboxylic acids is 1. The molecular formula is C23H37N3O.